The lowest BCUT2D eigenvalue weighted by molar-refractivity contribution is -0.385. The molecule has 0 fully saturated rings. The zero-order valence-corrected chi connectivity index (χ0v) is 13.1. The van der Waals surface area contributed by atoms with Crippen LogP contribution in [0.15, 0.2) is 46.0 Å². The maximum Gasteiger partial charge on any atom is 0.312 e. The van der Waals surface area contributed by atoms with E-state index in [-0.39, 0.29) is 5.56 Å². The summed E-state index contributed by atoms with van der Waals surface area (Å²) in [4.78, 5) is 17.5. The van der Waals surface area contributed by atoms with Crippen LogP contribution in [0.25, 0.3) is 11.0 Å². The molecule has 116 valence electrons. The number of benzene rings is 2. The Bertz CT molecular complexity index is 889. The van der Waals surface area contributed by atoms with Crippen molar-refractivity contribution < 1.29 is 10.0 Å². The number of nitrogens with one attached hydrogen (secondary N) is 2. The van der Waals surface area contributed by atoms with Gasteiger partial charge in [0.15, 0.2) is 0 Å². The van der Waals surface area contributed by atoms with Crippen LogP contribution in [-0.2, 0) is 0 Å². The molecule has 1 heterocycles. The molecule has 0 aliphatic rings. The number of nitro groups is 1. The van der Waals surface area contributed by atoms with Crippen molar-refractivity contribution in [3.63, 3.8) is 0 Å². The van der Waals surface area contributed by atoms with Crippen LogP contribution in [0.1, 0.15) is 5.56 Å². The molecule has 0 aliphatic carbocycles. The number of hydrazone groups is 1. The second kappa shape index (κ2) is 6.05. The van der Waals surface area contributed by atoms with E-state index in [9.17, 15) is 15.2 Å². The largest absolute Gasteiger partial charge is 0.502 e. The maximum atomic E-state index is 10.9. The minimum absolute atomic E-state index is 0.203. The highest BCUT2D eigenvalue weighted by atomic mass is 79.9. The number of phenols is 1. The summed E-state index contributed by atoms with van der Waals surface area (Å²) >= 11 is 3.16. The van der Waals surface area contributed by atoms with Gasteiger partial charge in [0.2, 0.25) is 11.7 Å². The van der Waals surface area contributed by atoms with E-state index in [1.165, 1.54) is 18.3 Å². The number of anilines is 1. The zero-order chi connectivity index (χ0) is 16.4. The van der Waals surface area contributed by atoms with Gasteiger partial charge in [0.25, 0.3) is 0 Å². The summed E-state index contributed by atoms with van der Waals surface area (Å²) in [5, 5.41) is 24.7. The zero-order valence-electron chi connectivity index (χ0n) is 11.5. The molecular formula is C14H10BrN5O3. The maximum absolute atomic E-state index is 10.9. The number of phenolic OH excluding ortho intramolecular Hbond substituents is 1. The highest BCUT2D eigenvalue weighted by molar-refractivity contribution is 9.10. The third kappa shape index (κ3) is 3.14. The Morgan fingerprint density at radius 3 is 2.91 bits per heavy atom. The average Bonchev–Trinajstić information content (AvgIpc) is 2.92. The second-order valence-electron chi connectivity index (χ2n) is 4.59. The third-order valence-corrected chi connectivity index (χ3v) is 3.50. The number of H-pyrrole nitrogens is 1. The number of rotatable bonds is 4. The first kappa shape index (κ1) is 15.0. The molecule has 0 saturated carbocycles. The Morgan fingerprint density at radius 1 is 1.39 bits per heavy atom. The number of hydrogen-bond acceptors (Lipinski definition) is 6. The number of imidazole rings is 1. The predicted molar refractivity (Wildman–Crippen MR) is 89.8 cm³/mol. The monoisotopic (exact) mass is 375 g/mol. The van der Waals surface area contributed by atoms with E-state index >= 15 is 0 Å². The molecule has 3 rings (SSSR count). The van der Waals surface area contributed by atoms with Crippen molar-refractivity contribution in [1.29, 1.82) is 0 Å². The van der Waals surface area contributed by atoms with E-state index in [2.05, 4.69) is 36.4 Å². The average molecular weight is 376 g/mol. The van der Waals surface area contributed by atoms with Crippen molar-refractivity contribution in [2.45, 2.75) is 0 Å². The Hall–Kier alpha value is -2.94. The van der Waals surface area contributed by atoms with E-state index < -0.39 is 16.4 Å². The van der Waals surface area contributed by atoms with Crippen LogP contribution >= 0.6 is 15.9 Å². The summed E-state index contributed by atoms with van der Waals surface area (Å²) in [6, 6.07) is 10.2. The van der Waals surface area contributed by atoms with Crippen LogP contribution in [-0.4, -0.2) is 26.2 Å². The highest BCUT2D eigenvalue weighted by Crippen LogP contribution is 2.32. The van der Waals surface area contributed by atoms with Crippen molar-refractivity contribution >= 4 is 44.8 Å². The Balaban J connectivity index is 1.84. The van der Waals surface area contributed by atoms with Crippen LogP contribution in [0.5, 0.6) is 5.75 Å². The molecule has 0 atom stereocenters. The molecule has 2 aromatic carbocycles. The van der Waals surface area contributed by atoms with Gasteiger partial charge in [0.05, 0.1) is 22.2 Å². The van der Waals surface area contributed by atoms with E-state index in [4.69, 9.17) is 0 Å². The topological polar surface area (TPSA) is 116 Å². The quantitative estimate of drug-likeness (QED) is 0.367. The van der Waals surface area contributed by atoms with E-state index in [0.29, 0.717) is 10.4 Å². The van der Waals surface area contributed by atoms with Crippen LogP contribution in [0.4, 0.5) is 11.6 Å². The highest BCUT2D eigenvalue weighted by Gasteiger charge is 2.17. The molecule has 3 N–H and O–H groups in total. The molecule has 0 unspecified atom stereocenters. The van der Waals surface area contributed by atoms with Crippen molar-refractivity contribution in [2.75, 3.05) is 5.43 Å². The summed E-state index contributed by atoms with van der Waals surface area (Å²) in [6.07, 6.45) is 1.28. The normalized spacial score (nSPS) is 11.2. The van der Waals surface area contributed by atoms with Gasteiger partial charge in [-0.2, -0.15) is 5.10 Å². The van der Waals surface area contributed by atoms with Gasteiger partial charge in [0.1, 0.15) is 0 Å². The first-order valence-electron chi connectivity index (χ1n) is 6.45. The van der Waals surface area contributed by atoms with Gasteiger partial charge in [-0.25, -0.2) is 10.4 Å². The summed E-state index contributed by atoms with van der Waals surface area (Å²) < 4.78 is 0.465. The Morgan fingerprint density at radius 2 is 2.17 bits per heavy atom. The number of halogens is 1. The Labute approximate surface area is 138 Å². The van der Waals surface area contributed by atoms with Crippen LogP contribution in [0.3, 0.4) is 0 Å². The molecule has 0 bridgehead atoms. The Kier molecular flexibility index (Phi) is 3.94. The number of hydrogen-bond donors (Lipinski definition) is 3. The molecule has 8 nitrogen and oxygen atoms in total. The molecular weight excluding hydrogens is 366 g/mol. The number of para-hydroxylation sites is 2. The predicted octanol–water partition coefficient (Wildman–Crippen LogP) is 3.39. The lowest BCUT2D eigenvalue weighted by Crippen LogP contribution is -1.95. The van der Waals surface area contributed by atoms with Gasteiger partial charge < -0.3 is 10.1 Å². The molecule has 23 heavy (non-hydrogen) atoms. The second-order valence-corrected chi connectivity index (χ2v) is 5.51. The fraction of sp³-hybridized carbons (Fsp3) is 0. The molecule has 3 aromatic rings. The van der Waals surface area contributed by atoms with Gasteiger partial charge in [-0.1, -0.05) is 28.1 Å². The number of aromatic hydroxyl groups is 1. The van der Waals surface area contributed by atoms with Crippen molar-refractivity contribution in [1.82, 2.24) is 9.97 Å². The lowest BCUT2D eigenvalue weighted by Gasteiger charge is -2.01. The molecule has 0 amide bonds. The smallest absolute Gasteiger partial charge is 0.312 e. The summed E-state index contributed by atoms with van der Waals surface area (Å²) in [6.45, 7) is 0. The lowest BCUT2D eigenvalue weighted by atomic mass is 10.2. The SMILES string of the molecule is O=[N+]([O-])c1cc(Br)cc(/C=N/Nc2nc3ccccc3[nH]2)c1O. The minimum atomic E-state index is -0.663. The molecule has 1 aromatic heterocycles. The fourth-order valence-electron chi connectivity index (χ4n) is 2.01. The number of nitro benzene ring substituents is 1. The number of nitrogens with zero attached hydrogens (tertiary/aromatic N) is 3. The number of fused-ring (bicyclic) bond motifs is 1. The van der Waals surface area contributed by atoms with E-state index in [0.717, 1.165) is 11.0 Å². The van der Waals surface area contributed by atoms with Crippen molar-refractivity contribution in [3.8, 4) is 5.75 Å². The van der Waals surface area contributed by atoms with Gasteiger partial charge >= 0.3 is 5.69 Å². The van der Waals surface area contributed by atoms with Crippen LogP contribution < -0.4 is 5.43 Å². The van der Waals surface area contributed by atoms with Crippen LogP contribution in [0, 0.1) is 10.1 Å². The van der Waals surface area contributed by atoms with Crippen molar-refractivity contribution in [2.24, 2.45) is 5.10 Å². The van der Waals surface area contributed by atoms with Gasteiger partial charge in [-0.05, 0) is 18.2 Å². The van der Waals surface area contributed by atoms with E-state index in [1.54, 1.807) is 0 Å². The van der Waals surface area contributed by atoms with E-state index in [1.807, 2.05) is 24.3 Å². The number of aromatic amines is 1. The molecule has 9 heteroatoms. The van der Waals surface area contributed by atoms with Crippen molar-refractivity contribution in [3.05, 3.63) is 56.5 Å². The molecule has 0 radical (unpaired) electrons. The summed E-state index contributed by atoms with van der Waals surface area (Å²) in [5.41, 5.74) is 4.13. The molecule has 0 spiro atoms. The molecule has 0 aliphatic heterocycles. The number of aromatic nitrogens is 2. The first-order chi connectivity index (χ1) is 11.0. The molecule has 0 saturated heterocycles. The van der Waals surface area contributed by atoms with Crippen LogP contribution in [0.2, 0.25) is 0 Å². The van der Waals surface area contributed by atoms with Gasteiger partial charge in [0, 0.05) is 16.1 Å². The first-order valence-corrected chi connectivity index (χ1v) is 7.24. The fourth-order valence-corrected chi connectivity index (χ4v) is 2.48. The third-order valence-electron chi connectivity index (χ3n) is 3.04. The van der Waals surface area contributed by atoms with Gasteiger partial charge in [-0.15, -0.1) is 0 Å². The summed E-state index contributed by atoms with van der Waals surface area (Å²) in [7, 11) is 0. The summed E-state index contributed by atoms with van der Waals surface area (Å²) in [5.74, 6) is -0.0280. The standard InChI is InChI=1S/C14H10BrN5O3/c15-9-5-8(13(21)12(6-9)20(22)23)7-16-19-14-17-10-3-1-2-4-11(10)18-14/h1-7,21H,(H2,17,18,19)/b16-7+. The minimum Gasteiger partial charge on any atom is -0.502 e. The van der Waals surface area contributed by atoms with Gasteiger partial charge in [-0.3, -0.25) is 10.1 Å².